The van der Waals surface area contributed by atoms with E-state index in [9.17, 15) is 9.18 Å². The highest BCUT2D eigenvalue weighted by Crippen LogP contribution is 2.24. The summed E-state index contributed by atoms with van der Waals surface area (Å²) in [5.41, 5.74) is 4.83. The Morgan fingerprint density at radius 3 is 2.43 bits per heavy atom. The Bertz CT molecular complexity index is 1020. The fraction of sp³-hybridized carbons (Fsp3) is 0.192. The molecule has 3 aromatic carbocycles. The second kappa shape index (κ2) is 10.3. The van der Waals surface area contributed by atoms with Gasteiger partial charge in [0.15, 0.2) is 0 Å². The van der Waals surface area contributed by atoms with Gasteiger partial charge in [0.05, 0.1) is 6.54 Å². The highest BCUT2D eigenvalue weighted by atomic mass is 19.1. The smallest absolute Gasteiger partial charge is 0.224 e. The lowest BCUT2D eigenvalue weighted by atomic mass is 10.1. The van der Waals surface area contributed by atoms with E-state index in [-0.39, 0.29) is 11.7 Å². The number of anilines is 2. The van der Waals surface area contributed by atoms with Gasteiger partial charge in [-0.05, 0) is 60.4 Å². The first kappa shape index (κ1) is 21.1. The van der Waals surface area contributed by atoms with Crippen molar-refractivity contribution in [3.63, 3.8) is 0 Å². The molecule has 0 aliphatic rings. The van der Waals surface area contributed by atoms with Crippen LogP contribution in [0.3, 0.4) is 0 Å². The molecule has 0 heterocycles. The van der Waals surface area contributed by atoms with Crippen molar-refractivity contribution < 1.29 is 9.18 Å². The Balaban J connectivity index is 1.65. The summed E-state index contributed by atoms with van der Waals surface area (Å²) in [6, 6.07) is 22.2. The van der Waals surface area contributed by atoms with Gasteiger partial charge in [0, 0.05) is 24.3 Å². The van der Waals surface area contributed by atoms with Gasteiger partial charge in [-0.25, -0.2) is 4.39 Å². The maximum Gasteiger partial charge on any atom is 0.224 e. The van der Waals surface area contributed by atoms with Gasteiger partial charge in [0.1, 0.15) is 5.82 Å². The number of amides is 1. The van der Waals surface area contributed by atoms with Crippen LogP contribution >= 0.6 is 0 Å². The van der Waals surface area contributed by atoms with Crippen LogP contribution in [-0.2, 0) is 17.8 Å². The molecule has 3 aromatic rings. The van der Waals surface area contributed by atoms with Gasteiger partial charge >= 0.3 is 0 Å². The van der Waals surface area contributed by atoms with Crippen LogP contribution in [0.1, 0.15) is 23.1 Å². The Hall–Kier alpha value is -3.58. The monoisotopic (exact) mass is 400 g/mol. The molecule has 0 aliphatic carbocycles. The van der Waals surface area contributed by atoms with Crippen LogP contribution in [0.2, 0.25) is 0 Å². The number of terminal acetylenes is 1. The number of halogens is 1. The van der Waals surface area contributed by atoms with Crippen LogP contribution in [0, 0.1) is 25.1 Å². The molecule has 1 N–H and O–H groups in total. The standard InChI is InChI=1S/C26H25FN2O/c1-3-17-29(19-22-9-12-23(27)13-10-22)24-14-15-25(20(2)18-24)28-26(30)16-11-21-7-5-4-6-8-21/h1,4-10,12-15,18H,11,16-17,19H2,2H3,(H,28,30). The molecular weight excluding hydrogens is 375 g/mol. The van der Waals surface area contributed by atoms with Gasteiger partial charge < -0.3 is 10.2 Å². The van der Waals surface area contributed by atoms with Crippen molar-refractivity contribution in [1.29, 1.82) is 0 Å². The number of benzene rings is 3. The molecule has 30 heavy (non-hydrogen) atoms. The van der Waals surface area contributed by atoms with Crippen LogP contribution in [0.4, 0.5) is 15.8 Å². The van der Waals surface area contributed by atoms with E-state index in [4.69, 9.17) is 6.42 Å². The molecule has 0 unspecified atom stereocenters. The summed E-state index contributed by atoms with van der Waals surface area (Å²) < 4.78 is 13.2. The zero-order valence-electron chi connectivity index (χ0n) is 17.1. The minimum Gasteiger partial charge on any atom is -0.356 e. The van der Waals surface area contributed by atoms with E-state index in [0.717, 1.165) is 28.1 Å². The highest BCUT2D eigenvalue weighted by Gasteiger charge is 2.10. The lowest BCUT2D eigenvalue weighted by molar-refractivity contribution is -0.116. The van der Waals surface area contributed by atoms with E-state index in [2.05, 4.69) is 11.2 Å². The first-order chi connectivity index (χ1) is 14.5. The predicted octanol–water partition coefficient (Wildman–Crippen LogP) is 5.35. The Morgan fingerprint density at radius 1 is 1.03 bits per heavy atom. The summed E-state index contributed by atoms with van der Waals surface area (Å²) in [6.45, 7) is 2.97. The lowest BCUT2D eigenvalue weighted by Crippen LogP contribution is -2.23. The number of rotatable bonds is 8. The van der Waals surface area contributed by atoms with Gasteiger partial charge in [-0.3, -0.25) is 4.79 Å². The zero-order chi connectivity index (χ0) is 21.3. The minimum atomic E-state index is -0.259. The number of nitrogens with zero attached hydrogens (tertiary/aromatic N) is 1. The molecule has 3 rings (SSSR count). The number of carbonyl (C=O) groups is 1. The SMILES string of the molecule is C#CCN(Cc1ccc(F)cc1)c1ccc(NC(=O)CCc2ccccc2)c(C)c1. The second-order valence-corrected chi connectivity index (χ2v) is 7.22. The van der Waals surface area contributed by atoms with Crippen LogP contribution in [0.25, 0.3) is 0 Å². The van der Waals surface area contributed by atoms with Crippen molar-refractivity contribution in [2.75, 3.05) is 16.8 Å². The molecule has 0 atom stereocenters. The molecule has 1 amide bonds. The van der Waals surface area contributed by atoms with E-state index >= 15 is 0 Å². The molecule has 152 valence electrons. The first-order valence-electron chi connectivity index (χ1n) is 9.92. The molecule has 0 fully saturated rings. The lowest BCUT2D eigenvalue weighted by Gasteiger charge is -2.24. The topological polar surface area (TPSA) is 32.3 Å². The Kier molecular flexibility index (Phi) is 7.24. The molecule has 0 saturated carbocycles. The van der Waals surface area contributed by atoms with E-state index in [1.807, 2.05) is 60.4 Å². The van der Waals surface area contributed by atoms with Crippen LogP contribution < -0.4 is 10.2 Å². The number of hydrogen-bond donors (Lipinski definition) is 1. The van der Waals surface area contributed by atoms with Gasteiger partial charge in [0.25, 0.3) is 0 Å². The molecule has 0 aliphatic heterocycles. The summed E-state index contributed by atoms with van der Waals surface area (Å²) in [5, 5.41) is 3.00. The zero-order valence-corrected chi connectivity index (χ0v) is 17.1. The van der Waals surface area contributed by atoms with Gasteiger partial charge in [-0.2, -0.15) is 0 Å². The van der Waals surface area contributed by atoms with Crippen molar-refractivity contribution in [1.82, 2.24) is 0 Å². The molecule has 0 bridgehead atoms. The fourth-order valence-electron chi connectivity index (χ4n) is 3.26. The molecule has 0 aromatic heterocycles. The maximum absolute atomic E-state index is 13.2. The fourth-order valence-corrected chi connectivity index (χ4v) is 3.26. The average molecular weight is 400 g/mol. The predicted molar refractivity (Wildman–Crippen MR) is 121 cm³/mol. The summed E-state index contributed by atoms with van der Waals surface area (Å²) in [6.07, 6.45) is 6.69. The summed E-state index contributed by atoms with van der Waals surface area (Å²) >= 11 is 0. The van der Waals surface area contributed by atoms with Crippen molar-refractivity contribution in [2.45, 2.75) is 26.3 Å². The molecular formula is C26H25FN2O. The van der Waals surface area contributed by atoms with Crippen LogP contribution in [0.15, 0.2) is 72.8 Å². The van der Waals surface area contributed by atoms with Crippen LogP contribution in [0.5, 0.6) is 0 Å². The van der Waals surface area contributed by atoms with Crippen molar-refractivity contribution >= 4 is 17.3 Å². The number of hydrogen-bond acceptors (Lipinski definition) is 2. The van der Waals surface area contributed by atoms with Crippen LogP contribution in [-0.4, -0.2) is 12.5 Å². The van der Waals surface area contributed by atoms with E-state index in [1.54, 1.807) is 12.1 Å². The van der Waals surface area contributed by atoms with E-state index in [1.165, 1.54) is 12.1 Å². The number of carbonyl (C=O) groups excluding carboxylic acids is 1. The van der Waals surface area contributed by atoms with Gasteiger partial charge in [-0.15, -0.1) is 6.42 Å². The van der Waals surface area contributed by atoms with E-state index in [0.29, 0.717) is 25.9 Å². The van der Waals surface area contributed by atoms with Gasteiger partial charge in [-0.1, -0.05) is 48.4 Å². The van der Waals surface area contributed by atoms with Crippen molar-refractivity contribution in [3.8, 4) is 12.3 Å². The van der Waals surface area contributed by atoms with Gasteiger partial charge in [0.2, 0.25) is 5.91 Å². The normalized spacial score (nSPS) is 10.3. The quantitative estimate of drug-likeness (QED) is 0.517. The third-order valence-electron chi connectivity index (χ3n) is 4.90. The molecule has 0 saturated heterocycles. The molecule has 0 spiro atoms. The Morgan fingerprint density at radius 2 is 1.77 bits per heavy atom. The summed E-state index contributed by atoms with van der Waals surface area (Å²) in [4.78, 5) is 14.4. The first-order valence-corrected chi connectivity index (χ1v) is 9.92. The molecule has 3 nitrogen and oxygen atoms in total. The summed E-state index contributed by atoms with van der Waals surface area (Å²) in [5.74, 6) is 2.41. The molecule has 0 radical (unpaired) electrons. The van der Waals surface area contributed by atoms with Crippen molar-refractivity contribution in [3.05, 3.63) is 95.3 Å². The average Bonchev–Trinajstić information content (AvgIpc) is 2.75. The van der Waals surface area contributed by atoms with E-state index < -0.39 is 0 Å². The molecule has 4 heteroatoms. The Labute approximate surface area is 177 Å². The number of nitrogens with one attached hydrogen (secondary N) is 1. The third kappa shape index (κ3) is 5.96. The van der Waals surface area contributed by atoms with Crippen molar-refractivity contribution in [2.24, 2.45) is 0 Å². The highest BCUT2D eigenvalue weighted by molar-refractivity contribution is 5.91. The summed E-state index contributed by atoms with van der Waals surface area (Å²) in [7, 11) is 0. The second-order valence-electron chi connectivity index (χ2n) is 7.22. The third-order valence-corrected chi connectivity index (χ3v) is 4.90. The maximum atomic E-state index is 13.2. The number of aryl methyl sites for hydroxylation is 2. The largest absolute Gasteiger partial charge is 0.356 e. The minimum absolute atomic E-state index is 0.0125.